The van der Waals surface area contributed by atoms with E-state index in [0.29, 0.717) is 18.2 Å². The number of carbonyl (C=O) groups is 1. The fourth-order valence-corrected chi connectivity index (χ4v) is 3.35. The minimum absolute atomic E-state index is 0. The first-order valence-corrected chi connectivity index (χ1v) is 8.96. The molecule has 0 bridgehead atoms. The van der Waals surface area contributed by atoms with E-state index in [0.717, 1.165) is 69.9 Å². The van der Waals surface area contributed by atoms with Crippen molar-refractivity contribution >= 4 is 30.7 Å². The molecule has 1 amide bonds. The molecule has 8 heteroatoms. The Morgan fingerprint density at radius 1 is 1.20 bits per heavy atom. The number of likely N-dealkylation sites (tertiary alicyclic amines) is 1. The summed E-state index contributed by atoms with van der Waals surface area (Å²) in [5.41, 5.74) is 5.49. The zero-order valence-corrected chi connectivity index (χ0v) is 17.1. The van der Waals surface area contributed by atoms with Crippen molar-refractivity contribution in [2.45, 2.75) is 65.3 Å². The lowest BCUT2D eigenvalue weighted by Crippen LogP contribution is -2.41. The summed E-state index contributed by atoms with van der Waals surface area (Å²) in [6, 6.07) is 0. The molecule has 0 spiro atoms. The molecule has 0 radical (unpaired) electrons. The molecule has 1 unspecified atom stereocenters. The maximum absolute atomic E-state index is 12.4. The quantitative estimate of drug-likeness (QED) is 0.688. The highest BCUT2D eigenvalue weighted by Crippen LogP contribution is 2.20. The summed E-state index contributed by atoms with van der Waals surface area (Å²) in [5.74, 6) is 2.59. The molecular weight excluding hydrogens is 361 g/mol. The number of hydrogen-bond acceptors (Lipinski definition) is 4. The Bertz CT molecular complexity index is 509. The summed E-state index contributed by atoms with van der Waals surface area (Å²) in [6.07, 6.45) is 7.24. The number of aromatic nitrogens is 3. The van der Waals surface area contributed by atoms with E-state index in [-0.39, 0.29) is 24.8 Å². The van der Waals surface area contributed by atoms with Crippen molar-refractivity contribution in [3.63, 3.8) is 0 Å². The molecule has 0 aromatic carbocycles. The zero-order valence-electron chi connectivity index (χ0n) is 15.4. The van der Waals surface area contributed by atoms with Gasteiger partial charge in [0.25, 0.3) is 0 Å². The molecule has 1 atom stereocenters. The van der Waals surface area contributed by atoms with E-state index in [4.69, 9.17) is 5.73 Å². The Morgan fingerprint density at radius 2 is 1.92 bits per heavy atom. The van der Waals surface area contributed by atoms with Crippen LogP contribution in [0.4, 0.5) is 0 Å². The van der Waals surface area contributed by atoms with Crippen molar-refractivity contribution in [3.05, 3.63) is 11.6 Å². The number of amides is 1. The summed E-state index contributed by atoms with van der Waals surface area (Å²) in [5, 5.41) is 4.44. The molecule has 1 aliphatic rings. The van der Waals surface area contributed by atoms with Crippen LogP contribution in [-0.4, -0.2) is 45.2 Å². The third kappa shape index (κ3) is 7.92. The van der Waals surface area contributed by atoms with Crippen molar-refractivity contribution in [3.8, 4) is 0 Å². The van der Waals surface area contributed by atoms with Gasteiger partial charge in [0, 0.05) is 26.1 Å². The van der Waals surface area contributed by atoms with E-state index in [1.165, 1.54) is 6.42 Å². The molecule has 2 rings (SSSR count). The molecule has 25 heavy (non-hydrogen) atoms. The highest BCUT2D eigenvalue weighted by Gasteiger charge is 2.24. The molecule has 1 saturated heterocycles. The van der Waals surface area contributed by atoms with Crippen molar-refractivity contribution in [2.24, 2.45) is 11.7 Å². The first kappa shape index (κ1) is 24.1. The Balaban J connectivity index is 0.00000288. The molecule has 1 fully saturated rings. The van der Waals surface area contributed by atoms with Crippen LogP contribution in [0.1, 0.15) is 56.6 Å². The number of unbranched alkanes of at least 4 members (excludes halogenated alkanes) is 3. The highest BCUT2D eigenvalue weighted by atomic mass is 35.5. The second kappa shape index (κ2) is 12.5. The fourth-order valence-electron chi connectivity index (χ4n) is 3.35. The number of halogens is 2. The Morgan fingerprint density at radius 3 is 2.56 bits per heavy atom. The fraction of sp³-hybridized carbons (Fsp3) is 0.824. The van der Waals surface area contributed by atoms with E-state index >= 15 is 0 Å². The van der Waals surface area contributed by atoms with Crippen molar-refractivity contribution in [1.82, 2.24) is 19.7 Å². The van der Waals surface area contributed by atoms with Crippen LogP contribution in [0.5, 0.6) is 0 Å². The van der Waals surface area contributed by atoms with Crippen molar-refractivity contribution < 1.29 is 4.79 Å². The molecule has 0 aliphatic carbocycles. The zero-order chi connectivity index (χ0) is 16.7. The van der Waals surface area contributed by atoms with Gasteiger partial charge in [0.15, 0.2) is 0 Å². The van der Waals surface area contributed by atoms with Gasteiger partial charge in [-0.1, -0.05) is 12.8 Å². The van der Waals surface area contributed by atoms with Crippen LogP contribution in [0, 0.1) is 19.8 Å². The van der Waals surface area contributed by atoms with E-state index in [1.54, 1.807) is 0 Å². The van der Waals surface area contributed by atoms with Gasteiger partial charge in [-0.25, -0.2) is 9.67 Å². The van der Waals surface area contributed by atoms with Gasteiger partial charge in [0.2, 0.25) is 5.91 Å². The third-order valence-corrected chi connectivity index (χ3v) is 4.61. The monoisotopic (exact) mass is 393 g/mol. The largest absolute Gasteiger partial charge is 0.342 e. The molecule has 146 valence electrons. The normalized spacial score (nSPS) is 16.9. The van der Waals surface area contributed by atoms with E-state index in [2.05, 4.69) is 15.0 Å². The van der Waals surface area contributed by atoms with Crippen LogP contribution in [0.15, 0.2) is 0 Å². The van der Waals surface area contributed by atoms with Crippen LogP contribution in [0.25, 0.3) is 0 Å². The summed E-state index contributed by atoms with van der Waals surface area (Å²) in [4.78, 5) is 18.8. The molecule has 1 aromatic rings. The van der Waals surface area contributed by atoms with Crippen LogP contribution in [0.3, 0.4) is 0 Å². The molecule has 1 aromatic heterocycles. The first-order chi connectivity index (χ1) is 11.1. The number of nitrogens with two attached hydrogens (primary N) is 1. The lowest BCUT2D eigenvalue weighted by molar-refractivity contribution is -0.133. The summed E-state index contributed by atoms with van der Waals surface area (Å²) < 4.78 is 1.99. The Hall–Kier alpha value is -0.850. The second-order valence-electron chi connectivity index (χ2n) is 6.69. The van der Waals surface area contributed by atoms with E-state index < -0.39 is 0 Å². The minimum Gasteiger partial charge on any atom is -0.342 e. The number of rotatable bonds is 8. The van der Waals surface area contributed by atoms with Gasteiger partial charge in [-0.15, -0.1) is 24.8 Å². The molecule has 2 heterocycles. The summed E-state index contributed by atoms with van der Waals surface area (Å²) in [7, 11) is 0. The van der Waals surface area contributed by atoms with Crippen molar-refractivity contribution in [2.75, 3.05) is 19.6 Å². The maximum Gasteiger partial charge on any atom is 0.222 e. The van der Waals surface area contributed by atoms with Gasteiger partial charge < -0.3 is 10.6 Å². The smallest absolute Gasteiger partial charge is 0.222 e. The van der Waals surface area contributed by atoms with E-state index in [1.807, 2.05) is 18.5 Å². The van der Waals surface area contributed by atoms with Gasteiger partial charge in [-0.2, -0.15) is 5.10 Å². The van der Waals surface area contributed by atoms with Gasteiger partial charge in [0.1, 0.15) is 11.6 Å². The van der Waals surface area contributed by atoms with Crippen LogP contribution >= 0.6 is 24.8 Å². The standard InChI is InChI=1S/C17H31N5O.2ClH/c1-14-19-15(2)22(20-14)13-16-8-7-11-21(12-16)17(23)9-5-3-4-6-10-18;;/h16H,3-13,18H2,1-2H3;2*1H. The van der Waals surface area contributed by atoms with Gasteiger partial charge in [-0.05, 0) is 52.0 Å². The van der Waals surface area contributed by atoms with Crippen LogP contribution in [-0.2, 0) is 11.3 Å². The number of piperidine rings is 1. The highest BCUT2D eigenvalue weighted by molar-refractivity contribution is 5.85. The molecule has 6 nitrogen and oxygen atoms in total. The predicted molar refractivity (Wildman–Crippen MR) is 105 cm³/mol. The summed E-state index contributed by atoms with van der Waals surface area (Å²) >= 11 is 0. The maximum atomic E-state index is 12.4. The lowest BCUT2D eigenvalue weighted by Gasteiger charge is -2.33. The number of nitrogens with zero attached hydrogens (tertiary/aromatic N) is 4. The van der Waals surface area contributed by atoms with Gasteiger partial charge in [-0.3, -0.25) is 4.79 Å². The number of hydrogen-bond donors (Lipinski definition) is 1. The van der Waals surface area contributed by atoms with Crippen LogP contribution < -0.4 is 5.73 Å². The lowest BCUT2D eigenvalue weighted by atomic mass is 9.97. The van der Waals surface area contributed by atoms with Crippen LogP contribution in [0.2, 0.25) is 0 Å². The second-order valence-corrected chi connectivity index (χ2v) is 6.69. The summed E-state index contributed by atoms with van der Waals surface area (Å²) in [6.45, 7) is 7.31. The SMILES string of the molecule is Cc1nc(C)n(CC2CCCN(C(=O)CCCCCCN)C2)n1.Cl.Cl. The molecule has 1 aliphatic heterocycles. The number of carbonyl (C=O) groups excluding carboxylic acids is 1. The average Bonchev–Trinajstić information content (AvgIpc) is 2.85. The van der Waals surface area contributed by atoms with E-state index in [9.17, 15) is 4.79 Å². The predicted octanol–water partition coefficient (Wildman–Crippen LogP) is 2.89. The van der Waals surface area contributed by atoms with Crippen molar-refractivity contribution in [1.29, 1.82) is 0 Å². The Labute approximate surface area is 163 Å². The van der Waals surface area contributed by atoms with Gasteiger partial charge >= 0.3 is 0 Å². The molecular formula is C17H33Cl2N5O. The third-order valence-electron chi connectivity index (χ3n) is 4.61. The average molecular weight is 394 g/mol. The van der Waals surface area contributed by atoms with Gasteiger partial charge in [0.05, 0.1) is 0 Å². The number of aryl methyl sites for hydroxylation is 2. The Kier molecular flexibility index (Phi) is 12.1. The first-order valence-electron chi connectivity index (χ1n) is 8.96. The molecule has 0 saturated carbocycles. The topological polar surface area (TPSA) is 77.0 Å². The minimum atomic E-state index is 0. The molecule has 2 N–H and O–H groups in total.